The molecule has 3 aromatic rings. The molecular weight excluding hydrogens is 323 g/mol. The minimum atomic E-state index is -0.361. The van der Waals surface area contributed by atoms with Gasteiger partial charge in [-0.15, -0.1) is 0 Å². The van der Waals surface area contributed by atoms with Gasteiger partial charge in [0.25, 0.3) is 0 Å². The molecule has 0 unspecified atom stereocenters. The number of nitrogen functional groups attached to an aromatic ring is 1. The summed E-state index contributed by atoms with van der Waals surface area (Å²) in [6, 6.07) is 10.2. The van der Waals surface area contributed by atoms with Gasteiger partial charge >= 0.3 is 0 Å². The largest absolute Gasteiger partial charge is 0.382 e. The van der Waals surface area contributed by atoms with E-state index in [1.165, 1.54) is 6.07 Å². The highest BCUT2D eigenvalue weighted by Crippen LogP contribution is 2.38. The molecule has 0 amide bonds. The maximum absolute atomic E-state index is 14.1. The number of H-pyrrole nitrogens is 1. The SMILES string of the molecule is Nc1n[nH]c(-c2c(F)cccc2Br)c1-c1ccccn1. The van der Waals surface area contributed by atoms with Crippen molar-refractivity contribution in [3.05, 3.63) is 52.9 Å². The number of rotatable bonds is 2. The molecule has 1 aromatic carbocycles. The Morgan fingerprint density at radius 3 is 2.65 bits per heavy atom. The molecule has 2 aromatic heterocycles. The number of aromatic nitrogens is 3. The normalized spacial score (nSPS) is 10.7. The molecule has 0 aliphatic carbocycles. The summed E-state index contributed by atoms with van der Waals surface area (Å²) in [7, 11) is 0. The zero-order chi connectivity index (χ0) is 14.1. The summed E-state index contributed by atoms with van der Waals surface area (Å²) in [5.74, 6) is -0.0749. The van der Waals surface area contributed by atoms with Gasteiger partial charge in [0.2, 0.25) is 0 Å². The molecule has 0 aliphatic rings. The van der Waals surface area contributed by atoms with Crippen LogP contribution in [0.2, 0.25) is 0 Å². The molecule has 100 valence electrons. The highest BCUT2D eigenvalue weighted by molar-refractivity contribution is 9.10. The van der Waals surface area contributed by atoms with E-state index < -0.39 is 0 Å². The Kier molecular flexibility index (Phi) is 3.23. The van der Waals surface area contributed by atoms with E-state index in [1.54, 1.807) is 30.5 Å². The summed E-state index contributed by atoms with van der Waals surface area (Å²) in [6.45, 7) is 0. The van der Waals surface area contributed by atoms with Crippen molar-refractivity contribution in [1.29, 1.82) is 0 Å². The van der Waals surface area contributed by atoms with Crippen LogP contribution < -0.4 is 5.73 Å². The van der Waals surface area contributed by atoms with Crippen LogP contribution in [0.25, 0.3) is 22.5 Å². The van der Waals surface area contributed by atoms with Crippen molar-refractivity contribution in [2.75, 3.05) is 5.73 Å². The Balaban J connectivity index is 2.27. The van der Waals surface area contributed by atoms with Gasteiger partial charge in [-0.2, -0.15) is 5.10 Å². The maximum atomic E-state index is 14.1. The molecule has 6 heteroatoms. The summed E-state index contributed by atoms with van der Waals surface area (Å²) < 4.78 is 14.7. The van der Waals surface area contributed by atoms with E-state index in [0.29, 0.717) is 27.0 Å². The van der Waals surface area contributed by atoms with Crippen LogP contribution in [0.1, 0.15) is 0 Å². The van der Waals surface area contributed by atoms with Crippen LogP contribution in [-0.2, 0) is 0 Å². The summed E-state index contributed by atoms with van der Waals surface area (Å²) in [6.07, 6.45) is 1.65. The average molecular weight is 333 g/mol. The summed E-state index contributed by atoms with van der Waals surface area (Å²) >= 11 is 3.35. The molecule has 0 spiro atoms. The molecule has 0 saturated carbocycles. The number of anilines is 1. The molecule has 0 fully saturated rings. The molecule has 3 rings (SSSR count). The molecule has 0 bridgehead atoms. The van der Waals surface area contributed by atoms with Crippen molar-refractivity contribution in [3.8, 4) is 22.5 Å². The van der Waals surface area contributed by atoms with Crippen molar-refractivity contribution < 1.29 is 4.39 Å². The van der Waals surface area contributed by atoms with Crippen molar-refractivity contribution in [2.45, 2.75) is 0 Å². The third-order valence-corrected chi connectivity index (χ3v) is 3.59. The van der Waals surface area contributed by atoms with Gasteiger partial charge in [0.15, 0.2) is 5.82 Å². The standard InChI is InChI=1S/C14H10BrFN4/c15-8-4-3-5-9(16)11(8)13-12(14(17)20-19-13)10-6-1-2-7-18-10/h1-7H,(H3,17,19,20). The first-order chi connectivity index (χ1) is 9.68. The van der Waals surface area contributed by atoms with Crippen molar-refractivity contribution >= 4 is 21.7 Å². The molecule has 0 aliphatic heterocycles. The van der Waals surface area contributed by atoms with E-state index in [0.717, 1.165) is 0 Å². The topological polar surface area (TPSA) is 67.6 Å². The molecular formula is C14H10BrFN4. The first kappa shape index (κ1) is 12.8. The number of hydrogen-bond donors (Lipinski definition) is 2. The Hall–Kier alpha value is -2.21. The predicted molar refractivity (Wildman–Crippen MR) is 79.3 cm³/mol. The molecule has 4 nitrogen and oxygen atoms in total. The van der Waals surface area contributed by atoms with Gasteiger partial charge in [0, 0.05) is 10.7 Å². The highest BCUT2D eigenvalue weighted by atomic mass is 79.9. The van der Waals surface area contributed by atoms with Gasteiger partial charge in [-0.25, -0.2) is 4.39 Å². The molecule has 20 heavy (non-hydrogen) atoms. The second-order valence-corrected chi connectivity index (χ2v) is 5.02. The molecule has 2 heterocycles. The fourth-order valence-corrected chi connectivity index (χ4v) is 2.58. The first-order valence-electron chi connectivity index (χ1n) is 5.88. The number of halogens is 2. The number of nitrogens with two attached hydrogens (primary N) is 1. The monoisotopic (exact) mass is 332 g/mol. The van der Waals surface area contributed by atoms with Gasteiger partial charge in [-0.05, 0) is 40.2 Å². The van der Waals surface area contributed by atoms with Crippen LogP contribution in [-0.4, -0.2) is 15.2 Å². The van der Waals surface area contributed by atoms with Gasteiger partial charge in [0.05, 0.1) is 22.5 Å². The zero-order valence-corrected chi connectivity index (χ0v) is 11.9. The first-order valence-corrected chi connectivity index (χ1v) is 6.67. The minimum Gasteiger partial charge on any atom is -0.382 e. The smallest absolute Gasteiger partial charge is 0.155 e. The maximum Gasteiger partial charge on any atom is 0.155 e. The Labute approximate surface area is 123 Å². The van der Waals surface area contributed by atoms with Crippen molar-refractivity contribution in [2.24, 2.45) is 0 Å². The summed E-state index contributed by atoms with van der Waals surface area (Å²) in [4.78, 5) is 4.25. The van der Waals surface area contributed by atoms with E-state index in [9.17, 15) is 4.39 Å². The lowest BCUT2D eigenvalue weighted by molar-refractivity contribution is 0.630. The number of pyridine rings is 1. The van der Waals surface area contributed by atoms with Crippen LogP contribution in [0, 0.1) is 5.82 Å². The third-order valence-electron chi connectivity index (χ3n) is 2.93. The molecule has 3 N–H and O–H groups in total. The van der Waals surface area contributed by atoms with Crippen LogP contribution in [0.4, 0.5) is 10.2 Å². The Morgan fingerprint density at radius 1 is 1.10 bits per heavy atom. The van der Waals surface area contributed by atoms with E-state index in [-0.39, 0.29) is 11.6 Å². The fourth-order valence-electron chi connectivity index (χ4n) is 2.04. The van der Waals surface area contributed by atoms with Crippen LogP contribution >= 0.6 is 15.9 Å². The number of aromatic amines is 1. The van der Waals surface area contributed by atoms with E-state index in [2.05, 4.69) is 31.1 Å². The van der Waals surface area contributed by atoms with Crippen LogP contribution in [0.3, 0.4) is 0 Å². The van der Waals surface area contributed by atoms with Gasteiger partial charge in [0.1, 0.15) is 5.82 Å². The minimum absolute atomic E-state index is 0.286. The molecule has 0 atom stereocenters. The number of benzene rings is 1. The Morgan fingerprint density at radius 2 is 1.95 bits per heavy atom. The van der Waals surface area contributed by atoms with Gasteiger partial charge in [-0.3, -0.25) is 10.1 Å². The number of nitrogens with zero attached hydrogens (tertiary/aromatic N) is 2. The lowest BCUT2D eigenvalue weighted by Crippen LogP contribution is -1.92. The second kappa shape index (κ2) is 5.05. The predicted octanol–water partition coefficient (Wildman–Crippen LogP) is 3.62. The lowest BCUT2D eigenvalue weighted by atomic mass is 10.0. The highest BCUT2D eigenvalue weighted by Gasteiger charge is 2.20. The average Bonchev–Trinajstić information content (AvgIpc) is 2.81. The number of hydrogen-bond acceptors (Lipinski definition) is 3. The van der Waals surface area contributed by atoms with Crippen LogP contribution in [0.15, 0.2) is 47.1 Å². The molecule has 0 radical (unpaired) electrons. The van der Waals surface area contributed by atoms with E-state index >= 15 is 0 Å². The molecule has 0 saturated heterocycles. The Bertz CT molecular complexity index is 735. The van der Waals surface area contributed by atoms with E-state index in [4.69, 9.17) is 5.73 Å². The lowest BCUT2D eigenvalue weighted by Gasteiger charge is -2.07. The third kappa shape index (κ3) is 2.08. The second-order valence-electron chi connectivity index (χ2n) is 4.17. The summed E-state index contributed by atoms with van der Waals surface area (Å²) in [5.41, 5.74) is 8.02. The van der Waals surface area contributed by atoms with Crippen molar-refractivity contribution in [3.63, 3.8) is 0 Å². The zero-order valence-electron chi connectivity index (χ0n) is 10.3. The number of nitrogens with one attached hydrogen (secondary N) is 1. The van der Waals surface area contributed by atoms with Gasteiger partial charge < -0.3 is 5.73 Å². The van der Waals surface area contributed by atoms with Crippen LogP contribution in [0.5, 0.6) is 0 Å². The van der Waals surface area contributed by atoms with Gasteiger partial charge in [-0.1, -0.05) is 12.1 Å². The quantitative estimate of drug-likeness (QED) is 0.753. The summed E-state index contributed by atoms with van der Waals surface area (Å²) in [5, 5.41) is 6.76. The van der Waals surface area contributed by atoms with Crippen molar-refractivity contribution in [1.82, 2.24) is 15.2 Å². The fraction of sp³-hybridized carbons (Fsp3) is 0. The van der Waals surface area contributed by atoms with E-state index in [1.807, 2.05) is 6.07 Å².